The van der Waals surface area contributed by atoms with Crippen molar-refractivity contribution in [3.63, 3.8) is 0 Å². The van der Waals surface area contributed by atoms with Gasteiger partial charge in [-0.15, -0.1) is 0 Å². The molecule has 4 nitrogen and oxygen atoms in total. The summed E-state index contributed by atoms with van der Waals surface area (Å²) in [6.45, 7) is 5.47. The Labute approximate surface area is 168 Å². The Morgan fingerprint density at radius 1 is 1.15 bits per heavy atom. The van der Waals surface area contributed by atoms with Crippen LogP contribution in [-0.2, 0) is 0 Å². The quantitative estimate of drug-likeness (QED) is 0.736. The third-order valence-electron chi connectivity index (χ3n) is 5.84. The van der Waals surface area contributed by atoms with E-state index in [1.807, 2.05) is 12.3 Å². The van der Waals surface area contributed by atoms with Gasteiger partial charge >= 0.3 is 0 Å². The number of pyridine rings is 1. The summed E-state index contributed by atoms with van der Waals surface area (Å²) in [5.74, 6) is 0.549. The van der Waals surface area contributed by atoms with Gasteiger partial charge in [0.1, 0.15) is 0 Å². The zero-order valence-electron chi connectivity index (χ0n) is 16.3. The minimum atomic E-state index is 0.0923. The fourth-order valence-corrected chi connectivity index (χ4v) is 4.98. The molecular weight excluding hydrogens is 352 g/mol. The first-order valence-electron chi connectivity index (χ1n) is 10.3. The van der Waals surface area contributed by atoms with Gasteiger partial charge in [0.2, 0.25) is 0 Å². The van der Waals surface area contributed by atoms with Crippen LogP contribution in [-0.4, -0.2) is 26.1 Å². The molecule has 4 rings (SSSR count). The Morgan fingerprint density at radius 2 is 1.96 bits per heavy atom. The van der Waals surface area contributed by atoms with Gasteiger partial charge < -0.3 is 14.8 Å². The molecule has 0 aromatic carbocycles. The molecule has 0 radical (unpaired) electrons. The molecular formula is C22H30N4S. The minimum Gasteiger partial charge on any atom is -0.352 e. The lowest BCUT2D eigenvalue weighted by molar-refractivity contribution is 0.261. The predicted octanol–water partition coefficient (Wildman–Crippen LogP) is 5.02. The second-order valence-corrected chi connectivity index (χ2v) is 8.69. The molecule has 1 N–H and O–H groups in total. The van der Waals surface area contributed by atoms with Crippen molar-refractivity contribution in [3.05, 3.63) is 54.1 Å². The van der Waals surface area contributed by atoms with Crippen molar-refractivity contribution >= 4 is 17.3 Å². The summed E-state index contributed by atoms with van der Waals surface area (Å²) in [6.07, 6.45) is 10.8. The molecule has 0 amide bonds. The molecule has 0 bridgehead atoms. The molecule has 1 saturated heterocycles. The third-order valence-corrected chi connectivity index (χ3v) is 6.19. The fourth-order valence-electron chi connectivity index (χ4n) is 4.67. The van der Waals surface area contributed by atoms with E-state index < -0.39 is 0 Å². The smallest absolute Gasteiger partial charge is 0.170 e. The van der Waals surface area contributed by atoms with Crippen LogP contribution in [0.2, 0.25) is 0 Å². The molecule has 2 aromatic rings. The summed E-state index contributed by atoms with van der Waals surface area (Å²) in [4.78, 5) is 7.04. The van der Waals surface area contributed by atoms with Gasteiger partial charge in [0.15, 0.2) is 5.11 Å². The van der Waals surface area contributed by atoms with Crippen molar-refractivity contribution in [2.45, 2.75) is 64.1 Å². The van der Waals surface area contributed by atoms with Gasteiger partial charge in [-0.2, -0.15) is 0 Å². The van der Waals surface area contributed by atoms with E-state index in [0.29, 0.717) is 12.0 Å². The lowest BCUT2D eigenvalue weighted by Crippen LogP contribution is -2.34. The van der Waals surface area contributed by atoms with Crippen molar-refractivity contribution in [2.24, 2.45) is 5.92 Å². The van der Waals surface area contributed by atoms with Gasteiger partial charge in [-0.05, 0) is 55.2 Å². The number of hydrogen-bond acceptors (Lipinski definition) is 2. The highest BCUT2D eigenvalue weighted by atomic mass is 32.1. The average molecular weight is 383 g/mol. The van der Waals surface area contributed by atoms with Crippen LogP contribution < -0.4 is 5.32 Å². The van der Waals surface area contributed by atoms with Crippen LogP contribution in [0.15, 0.2) is 42.7 Å². The summed E-state index contributed by atoms with van der Waals surface area (Å²) in [7, 11) is 0. The topological polar surface area (TPSA) is 33.1 Å². The van der Waals surface area contributed by atoms with Crippen molar-refractivity contribution in [3.8, 4) is 0 Å². The summed E-state index contributed by atoms with van der Waals surface area (Å²) in [5, 5.41) is 4.42. The van der Waals surface area contributed by atoms with E-state index in [-0.39, 0.29) is 12.1 Å². The fraction of sp³-hybridized carbons (Fsp3) is 0.545. The van der Waals surface area contributed by atoms with Crippen molar-refractivity contribution in [1.82, 2.24) is 19.8 Å². The number of rotatable bonds is 5. The summed E-state index contributed by atoms with van der Waals surface area (Å²) in [6, 6.07) is 11.5. The first kappa shape index (κ1) is 18.5. The predicted molar refractivity (Wildman–Crippen MR) is 114 cm³/mol. The number of hydrogen-bond donors (Lipinski definition) is 1. The van der Waals surface area contributed by atoms with Crippen LogP contribution >= 0.6 is 12.2 Å². The number of thiocarbonyl (C=S) groups is 1. The molecule has 2 atom stereocenters. The van der Waals surface area contributed by atoms with E-state index in [1.165, 1.54) is 37.8 Å². The maximum absolute atomic E-state index is 5.76. The van der Waals surface area contributed by atoms with Crippen molar-refractivity contribution < 1.29 is 0 Å². The lowest BCUT2D eigenvalue weighted by Gasteiger charge is -2.33. The standard InChI is InChI=1S/C22H30N4S/c1-16(2)15-26-21(20(24-22(26)27)18-11-6-7-13-23-18)19-12-8-14-25(19)17-9-4-3-5-10-17/h6-8,11-14,16-17,20-21H,3-5,9-10,15H2,1-2H3,(H,24,27). The van der Waals surface area contributed by atoms with Gasteiger partial charge in [0, 0.05) is 30.7 Å². The monoisotopic (exact) mass is 382 g/mol. The molecule has 2 aliphatic rings. The second-order valence-electron chi connectivity index (χ2n) is 8.30. The molecule has 27 heavy (non-hydrogen) atoms. The lowest BCUT2D eigenvalue weighted by atomic mass is 9.94. The van der Waals surface area contributed by atoms with Crippen LogP contribution in [0.1, 0.15) is 75.5 Å². The van der Waals surface area contributed by atoms with Crippen LogP contribution in [0.4, 0.5) is 0 Å². The highest BCUT2D eigenvalue weighted by molar-refractivity contribution is 7.80. The molecule has 1 saturated carbocycles. The first-order chi connectivity index (χ1) is 13.1. The Morgan fingerprint density at radius 3 is 2.67 bits per heavy atom. The Kier molecular flexibility index (Phi) is 5.48. The molecule has 0 spiro atoms. The highest BCUT2D eigenvalue weighted by Crippen LogP contribution is 2.41. The molecule has 3 heterocycles. The first-order valence-corrected chi connectivity index (χ1v) is 10.7. The van der Waals surface area contributed by atoms with Gasteiger partial charge in [-0.3, -0.25) is 4.98 Å². The number of nitrogens with one attached hydrogen (secondary N) is 1. The van der Waals surface area contributed by atoms with Crippen LogP contribution in [0, 0.1) is 5.92 Å². The van der Waals surface area contributed by atoms with Gasteiger partial charge in [0.25, 0.3) is 0 Å². The maximum Gasteiger partial charge on any atom is 0.170 e. The van der Waals surface area contributed by atoms with E-state index in [0.717, 1.165) is 17.4 Å². The van der Waals surface area contributed by atoms with Crippen LogP contribution in [0.5, 0.6) is 0 Å². The van der Waals surface area contributed by atoms with Gasteiger partial charge in [-0.1, -0.05) is 39.2 Å². The van der Waals surface area contributed by atoms with Crippen molar-refractivity contribution in [2.75, 3.05) is 6.54 Å². The third kappa shape index (κ3) is 3.75. The summed E-state index contributed by atoms with van der Waals surface area (Å²) < 4.78 is 2.53. The summed E-state index contributed by atoms with van der Waals surface area (Å²) in [5.41, 5.74) is 2.43. The Hall–Kier alpha value is -1.88. The van der Waals surface area contributed by atoms with Crippen LogP contribution in [0.25, 0.3) is 0 Å². The van der Waals surface area contributed by atoms with E-state index in [9.17, 15) is 0 Å². The summed E-state index contributed by atoms with van der Waals surface area (Å²) >= 11 is 5.76. The highest BCUT2D eigenvalue weighted by Gasteiger charge is 2.41. The Bertz CT molecular complexity index is 764. The van der Waals surface area contributed by atoms with E-state index >= 15 is 0 Å². The van der Waals surface area contributed by atoms with E-state index in [4.69, 9.17) is 12.2 Å². The second kappa shape index (κ2) is 8.01. The maximum atomic E-state index is 5.76. The minimum absolute atomic E-state index is 0.0923. The van der Waals surface area contributed by atoms with Crippen molar-refractivity contribution in [1.29, 1.82) is 0 Å². The largest absolute Gasteiger partial charge is 0.352 e. The number of aromatic nitrogens is 2. The molecule has 5 heteroatoms. The zero-order valence-corrected chi connectivity index (χ0v) is 17.2. The molecule has 2 aromatic heterocycles. The molecule has 1 aliphatic carbocycles. The van der Waals surface area contributed by atoms with E-state index in [2.05, 4.69) is 64.1 Å². The zero-order chi connectivity index (χ0) is 18.8. The van der Waals surface area contributed by atoms with Gasteiger partial charge in [0.05, 0.1) is 17.8 Å². The van der Waals surface area contributed by atoms with Crippen LogP contribution in [0.3, 0.4) is 0 Å². The average Bonchev–Trinajstić information content (AvgIpc) is 3.28. The Balaban J connectivity index is 1.73. The molecule has 2 unspecified atom stereocenters. The van der Waals surface area contributed by atoms with E-state index in [1.54, 1.807) is 0 Å². The molecule has 1 aliphatic heterocycles. The number of nitrogens with zero attached hydrogens (tertiary/aromatic N) is 3. The normalized spacial score (nSPS) is 23.8. The van der Waals surface area contributed by atoms with Gasteiger partial charge in [-0.25, -0.2) is 0 Å². The molecule has 144 valence electrons. The molecule has 2 fully saturated rings. The SMILES string of the molecule is CC(C)CN1C(=S)NC(c2ccccn2)C1c1cccn1C1CCCCC1.